The quantitative estimate of drug-likeness (QED) is 0.299. The third kappa shape index (κ3) is 8.80. The van der Waals surface area contributed by atoms with E-state index in [1.54, 1.807) is 20.8 Å². The predicted octanol–water partition coefficient (Wildman–Crippen LogP) is 3.59. The van der Waals surface area contributed by atoms with Crippen molar-refractivity contribution in [2.75, 3.05) is 0 Å². The first kappa shape index (κ1) is 23.1. The zero-order valence-corrected chi connectivity index (χ0v) is 17.4. The van der Waals surface area contributed by atoms with Crippen LogP contribution in [0.2, 0.25) is 18.1 Å². The normalized spacial score (nSPS) is 15.5. The molecule has 6 nitrogen and oxygen atoms in total. The number of aldehydes is 1. The minimum Gasteiger partial charge on any atom is -0.444 e. The molecule has 0 heterocycles. The number of alkyl carbamates (subject to hydrolysis) is 1. The summed E-state index contributed by atoms with van der Waals surface area (Å²) in [4.78, 5) is 22.4. The van der Waals surface area contributed by atoms with Crippen LogP contribution in [0.5, 0.6) is 0 Å². The van der Waals surface area contributed by atoms with Crippen molar-refractivity contribution in [2.45, 2.75) is 96.9 Å². The van der Waals surface area contributed by atoms with Crippen molar-refractivity contribution < 1.29 is 23.9 Å². The van der Waals surface area contributed by atoms with E-state index in [4.69, 9.17) is 9.16 Å². The molecule has 1 amide bonds. The number of carbonyl (C=O) groups excluding carboxylic acids is 2. The summed E-state index contributed by atoms with van der Waals surface area (Å²) in [5.74, 6) is 0. The largest absolute Gasteiger partial charge is 0.444 e. The van der Waals surface area contributed by atoms with Crippen molar-refractivity contribution >= 4 is 20.7 Å². The summed E-state index contributed by atoms with van der Waals surface area (Å²) >= 11 is 0. The highest BCUT2D eigenvalue weighted by molar-refractivity contribution is 6.74. The lowest BCUT2D eigenvalue weighted by Gasteiger charge is -2.40. The maximum Gasteiger partial charge on any atom is 0.409 e. The number of nitrogens with one attached hydrogen (secondary N) is 1. The van der Waals surface area contributed by atoms with Gasteiger partial charge in [0, 0.05) is 6.42 Å². The van der Waals surface area contributed by atoms with Crippen LogP contribution in [0.4, 0.5) is 4.79 Å². The fourth-order valence-electron chi connectivity index (χ4n) is 1.76. The molecule has 0 bridgehead atoms. The smallest absolute Gasteiger partial charge is 0.409 e. The first-order valence-electron chi connectivity index (χ1n) is 8.48. The van der Waals surface area contributed by atoms with Crippen molar-refractivity contribution in [3.8, 4) is 0 Å². The summed E-state index contributed by atoms with van der Waals surface area (Å²) in [5.41, 5.74) is -0.642. The van der Waals surface area contributed by atoms with Gasteiger partial charge in [-0.3, -0.25) is 5.32 Å². The van der Waals surface area contributed by atoms with Crippen molar-refractivity contribution in [3.05, 3.63) is 0 Å². The van der Waals surface area contributed by atoms with Gasteiger partial charge in [0.2, 0.25) is 0 Å². The van der Waals surface area contributed by atoms with Gasteiger partial charge in [-0.15, -0.1) is 0 Å². The lowest BCUT2D eigenvalue weighted by atomic mass is 10.1. The molecule has 0 aliphatic carbocycles. The Hall–Kier alpha value is -0.923. The predicted molar refractivity (Wildman–Crippen MR) is 97.4 cm³/mol. The van der Waals surface area contributed by atoms with Crippen LogP contribution in [-0.4, -0.2) is 43.7 Å². The Bertz CT molecular complexity index is 412. The Kier molecular flexibility index (Phi) is 8.62. The maximum atomic E-state index is 11.9. The van der Waals surface area contributed by atoms with Crippen LogP contribution in [0.15, 0.2) is 0 Å². The van der Waals surface area contributed by atoms with Gasteiger partial charge in [-0.25, -0.2) is 4.79 Å². The third-order valence-electron chi connectivity index (χ3n) is 4.08. The van der Waals surface area contributed by atoms with Gasteiger partial charge in [-0.2, -0.15) is 0 Å². The number of aliphatic hydroxyl groups excluding tert-OH is 1. The SMILES string of the molecule is CC(C)(C)OC(=O)N[C@H](O)C(CCCC=O)O[Si](C)(C)C(C)(C)C. The molecule has 2 N–H and O–H groups in total. The molecule has 0 rings (SSSR count). The molecule has 0 spiro atoms. The fraction of sp³-hybridized carbons (Fsp3) is 0.882. The van der Waals surface area contributed by atoms with E-state index in [1.165, 1.54) is 0 Å². The molecule has 0 saturated heterocycles. The third-order valence-corrected chi connectivity index (χ3v) is 8.58. The van der Waals surface area contributed by atoms with Crippen molar-refractivity contribution in [2.24, 2.45) is 0 Å². The molecule has 0 saturated carbocycles. The second-order valence-corrected chi connectivity index (χ2v) is 13.4. The molecule has 0 aromatic heterocycles. The topological polar surface area (TPSA) is 84.9 Å². The lowest BCUT2D eigenvalue weighted by Crippen LogP contribution is -2.52. The van der Waals surface area contributed by atoms with E-state index in [-0.39, 0.29) is 5.04 Å². The molecule has 2 atom stereocenters. The standard InChI is InChI=1S/C17H35NO5Si/c1-16(2,3)22-15(21)18-14(20)13(11-9-10-12-19)23-24(7,8)17(4,5)6/h12-14,20H,9-11H2,1-8H3,(H,18,21)/t13?,14-/m1/s1. The molecule has 0 fully saturated rings. The molecule has 24 heavy (non-hydrogen) atoms. The fourth-order valence-corrected chi connectivity index (χ4v) is 3.12. The maximum absolute atomic E-state index is 11.9. The summed E-state index contributed by atoms with van der Waals surface area (Å²) in [5, 5.41) is 12.8. The van der Waals surface area contributed by atoms with Gasteiger partial charge in [0.25, 0.3) is 0 Å². The molecule has 0 aromatic carbocycles. The van der Waals surface area contributed by atoms with Gasteiger partial charge in [0.05, 0.1) is 6.10 Å². The summed E-state index contributed by atoms with van der Waals surface area (Å²) in [6.45, 7) is 15.8. The number of hydrogen-bond acceptors (Lipinski definition) is 5. The van der Waals surface area contributed by atoms with Crippen molar-refractivity contribution in [1.29, 1.82) is 0 Å². The number of aliphatic hydroxyl groups is 1. The summed E-state index contributed by atoms with van der Waals surface area (Å²) in [6, 6.07) is 0. The Morgan fingerprint density at radius 2 is 1.75 bits per heavy atom. The van der Waals surface area contributed by atoms with Crippen LogP contribution in [0.3, 0.4) is 0 Å². The first-order valence-corrected chi connectivity index (χ1v) is 11.4. The number of ether oxygens (including phenoxy) is 1. The minimum absolute atomic E-state index is 0.0262. The number of unbranched alkanes of at least 4 members (excludes halogenated alkanes) is 1. The molecule has 142 valence electrons. The molecule has 0 radical (unpaired) electrons. The van der Waals surface area contributed by atoms with Crippen LogP contribution in [-0.2, 0) is 14.0 Å². The summed E-state index contributed by atoms with van der Waals surface area (Å²) in [7, 11) is -2.13. The van der Waals surface area contributed by atoms with Crippen molar-refractivity contribution in [3.63, 3.8) is 0 Å². The van der Waals surface area contributed by atoms with Gasteiger partial charge in [-0.1, -0.05) is 20.8 Å². The highest BCUT2D eigenvalue weighted by Gasteiger charge is 2.40. The molecule has 0 aliphatic rings. The minimum atomic E-state index is -2.13. The van der Waals surface area contributed by atoms with E-state index in [1.807, 2.05) is 0 Å². The van der Waals surface area contributed by atoms with Gasteiger partial charge in [0.15, 0.2) is 14.5 Å². The Morgan fingerprint density at radius 3 is 2.17 bits per heavy atom. The van der Waals surface area contributed by atoms with Gasteiger partial charge < -0.3 is 19.1 Å². The highest BCUT2D eigenvalue weighted by atomic mass is 28.4. The molecule has 7 heteroatoms. The molecular weight excluding hydrogens is 326 g/mol. The average molecular weight is 362 g/mol. The highest BCUT2D eigenvalue weighted by Crippen LogP contribution is 2.38. The Balaban J connectivity index is 4.98. The van der Waals surface area contributed by atoms with E-state index in [9.17, 15) is 14.7 Å². The van der Waals surface area contributed by atoms with Gasteiger partial charge >= 0.3 is 6.09 Å². The Labute approximate surface area is 147 Å². The van der Waals surface area contributed by atoms with Crippen LogP contribution >= 0.6 is 0 Å². The molecule has 0 aliphatic heterocycles. The Morgan fingerprint density at radius 1 is 1.21 bits per heavy atom. The number of carbonyl (C=O) groups is 2. The van der Waals surface area contributed by atoms with E-state index in [0.717, 1.165) is 6.29 Å². The van der Waals surface area contributed by atoms with E-state index < -0.39 is 32.3 Å². The molecule has 0 aromatic rings. The second-order valence-electron chi connectivity index (χ2n) is 8.61. The number of rotatable bonds is 8. The number of hydrogen-bond donors (Lipinski definition) is 2. The van der Waals surface area contributed by atoms with Crippen LogP contribution in [0.1, 0.15) is 60.8 Å². The molecule has 1 unspecified atom stereocenters. The zero-order valence-electron chi connectivity index (χ0n) is 16.4. The van der Waals surface area contributed by atoms with E-state index in [2.05, 4.69) is 39.2 Å². The lowest BCUT2D eigenvalue weighted by molar-refractivity contribution is -0.108. The van der Waals surface area contributed by atoms with Gasteiger partial charge in [-0.05, 0) is 51.7 Å². The van der Waals surface area contributed by atoms with Gasteiger partial charge in [0.1, 0.15) is 11.9 Å². The first-order chi connectivity index (χ1) is 10.7. The number of amides is 1. The van der Waals surface area contributed by atoms with E-state index >= 15 is 0 Å². The second kappa shape index (κ2) is 8.96. The molecular formula is C17H35NO5Si. The monoisotopic (exact) mass is 361 g/mol. The van der Waals surface area contributed by atoms with Crippen LogP contribution in [0, 0.1) is 0 Å². The van der Waals surface area contributed by atoms with Crippen LogP contribution < -0.4 is 5.32 Å². The van der Waals surface area contributed by atoms with Crippen molar-refractivity contribution in [1.82, 2.24) is 5.32 Å². The van der Waals surface area contributed by atoms with Crippen LogP contribution in [0.25, 0.3) is 0 Å². The van der Waals surface area contributed by atoms with E-state index in [0.29, 0.717) is 19.3 Å². The summed E-state index contributed by atoms with van der Waals surface area (Å²) in [6.07, 6.45) is -0.112. The summed E-state index contributed by atoms with van der Waals surface area (Å²) < 4.78 is 11.4. The average Bonchev–Trinajstić information content (AvgIpc) is 2.33. The zero-order chi connectivity index (χ0) is 19.2.